The van der Waals surface area contributed by atoms with Crippen LogP contribution in [0, 0.1) is 0 Å². The first kappa shape index (κ1) is 9.54. The summed E-state index contributed by atoms with van der Waals surface area (Å²) in [6, 6.07) is 0. The Morgan fingerprint density at radius 3 is 1.83 bits per heavy atom. The summed E-state index contributed by atoms with van der Waals surface area (Å²) in [5.74, 6) is -1.19. The van der Waals surface area contributed by atoms with Crippen molar-refractivity contribution in [2.45, 2.75) is 0 Å². The normalized spacial score (nSPS) is 6.17. The van der Waals surface area contributed by atoms with Crippen molar-refractivity contribution >= 4 is 30.4 Å². The van der Waals surface area contributed by atoms with Gasteiger partial charge < -0.3 is 10.2 Å². The number of carboxylic acid groups (broad SMARTS) is 1. The Kier molecular flexibility index (Phi) is 8.34. The van der Waals surface area contributed by atoms with Crippen molar-refractivity contribution in [3.63, 3.8) is 0 Å². The van der Waals surface area contributed by atoms with Crippen LogP contribution in [0.5, 0.6) is 0 Å². The van der Waals surface area contributed by atoms with E-state index in [9.17, 15) is 0 Å². The third-order valence-corrected chi connectivity index (χ3v) is 0.135. The van der Waals surface area contributed by atoms with Crippen LogP contribution in [0.3, 0.4) is 0 Å². The predicted octanol–water partition coefficient (Wildman–Crippen LogP) is -2.12. The molecule has 0 spiro atoms. The number of carbonyl (C=O) groups is 1. The molecule has 0 heterocycles. The molecule has 0 aromatic carbocycles. The fourth-order valence-electron chi connectivity index (χ4n) is 0. The van der Waals surface area contributed by atoms with Gasteiger partial charge in [0.1, 0.15) is 6.61 Å². The molecule has 0 aliphatic carbocycles. The van der Waals surface area contributed by atoms with Gasteiger partial charge in [0.05, 0.1) is 0 Å². The molecule has 0 bridgehead atoms. The second kappa shape index (κ2) is 5.25. The van der Waals surface area contributed by atoms with Crippen LogP contribution in [0.15, 0.2) is 0 Å². The van der Waals surface area contributed by atoms with E-state index in [1.807, 2.05) is 0 Å². The molecule has 38 valence electrons. The quantitative estimate of drug-likeness (QED) is 0.476. The standard InChI is InChI=1S/C2H4O3.Sb.3H/c3-1-2(4)5;;;;/h3H,1H2,(H,4,5);;;;. The molecule has 0 fully saturated rings. The van der Waals surface area contributed by atoms with Gasteiger partial charge in [0.25, 0.3) is 0 Å². The molecule has 2 N–H and O–H groups in total. The molecule has 4 heteroatoms. The van der Waals surface area contributed by atoms with Crippen LogP contribution in [0.25, 0.3) is 0 Å². The Morgan fingerprint density at radius 1 is 1.67 bits per heavy atom. The van der Waals surface area contributed by atoms with Crippen LogP contribution >= 0.6 is 0 Å². The third-order valence-electron chi connectivity index (χ3n) is 0.135. The molecule has 0 saturated carbocycles. The van der Waals surface area contributed by atoms with Crippen molar-refractivity contribution in [1.29, 1.82) is 0 Å². The van der Waals surface area contributed by atoms with Gasteiger partial charge in [-0.25, -0.2) is 4.79 Å². The summed E-state index contributed by atoms with van der Waals surface area (Å²) in [4.78, 5) is 9.12. The summed E-state index contributed by atoms with van der Waals surface area (Å²) >= 11 is 0. The van der Waals surface area contributed by atoms with Gasteiger partial charge >= 0.3 is 30.4 Å². The van der Waals surface area contributed by atoms with E-state index >= 15 is 0 Å². The van der Waals surface area contributed by atoms with Crippen LogP contribution in [0.4, 0.5) is 0 Å². The van der Waals surface area contributed by atoms with E-state index in [-0.39, 0.29) is 24.4 Å². The Bertz CT molecular complexity index is 44.1. The first-order valence-electron chi connectivity index (χ1n) is 1.10. The van der Waals surface area contributed by atoms with Gasteiger partial charge in [-0.05, 0) is 0 Å². The minimum atomic E-state index is -1.19. The van der Waals surface area contributed by atoms with Gasteiger partial charge in [0, 0.05) is 0 Å². The Labute approximate surface area is 52.4 Å². The second-order valence-electron chi connectivity index (χ2n) is 0.552. The van der Waals surface area contributed by atoms with Crippen LogP contribution in [0.1, 0.15) is 0 Å². The number of aliphatic hydroxyl groups is 1. The van der Waals surface area contributed by atoms with Crippen molar-refractivity contribution in [1.82, 2.24) is 0 Å². The first-order chi connectivity index (χ1) is 2.27. The molecule has 0 aliphatic rings. The van der Waals surface area contributed by atoms with Crippen molar-refractivity contribution in [2.24, 2.45) is 0 Å². The van der Waals surface area contributed by atoms with E-state index < -0.39 is 12.6 Å². The molecule has 0 rings (SSSR count). The van der Waals surface area contributed by atoms with Crippen molar-refractivity contribution in [3.8, 4) is 0 Å². The fourth-order valence-corrected chi connectivity index (χ4v) is 0. The summed E-state index contributed by atoms with van der Waals surface area (Å²) in [6.07, 6.45) is 0. The summed E-state index contributed by atoms with van der Waals surface area (Å²) < 4.78 is 0. The van der Waals surface area contributed by atoms with E-state index in [0.29, 0.717) is 0 Å². The molecule has 3 nitrogen and oxygen atoms in total. The average molecular weight is 201 g/mol. The molecular weight excluding hydrogens is 194 g/mol. The van der Waals surface area contributed by atoms with E-state index in [0.717, 1.165) is 0 Å². The molecule has 0 radical (unpaired) electrons. The number of aliphatic carboxylic acids is 1. The molecule has 0 aromatic rings. The van der Waals surface area contributed by atoms with Crippen LogP contribution in [-0.4, -0.2) is 47.2 Å². The van der Waals surface area contributed by atoms with E-state index in [2.05, 4.69) is 0 Å². The van der Waals surface area contributed by atoms with Crippen LogP contribution in [-0.2, 0) is 4.79 Å². The monoisotopic (exact) mass is 200 g/mol. The zero-order valence-corrected chi connectivity index (χ0v) is 7.25. The maximum atomic E-state index is 9.12. The summed E-state index contributed by atoms with van der Waals surface area (Å²) in [5.41, 5.74) is 0. The van der Waals surface area contributed by atoms with E-state index in [4.69, 9.17) is 15.0 Å². The van der Waals surface area contributed by atoms with Crippen LogP contribution in [0.2, 0.25) is 0 Å². The maximum absolute atomic E-state index is 9.12. The van der Waals surface area contributed by atoms with Crippen molar-refractivity contribution in [3.05, 3.63) is 0 Å². The second-order valence-corrected chi connectivity index (χ2v) is 0.552. The van der Waals surface area contributed by atoms with Crippen molar-refractivity contribution < 1.29 is 15.0 Å². The molecule has 0 aliphatic heterocycles. The van der Waals surface area contributed by atoms with E-state index in [1.54, 1.807) is 0 Å². The first-order valence-corrected chi connectivity index (χ1v) is 1.10. The summed E-state index contributed by atoms with van der Waals surface area (Å²) in [5, 5.41) is 15.0. The van der Waals surface area contributed by atoms with Gasteiger partial charge in [0.15, 0.2) is 0 Å². The number of hydrogen-bond donors (Lipinski definition) is 2. The van der Waals surface area contributed by atoms with Gasteiger partial charge in [0.2, 0.25) is 0 Å². The molecule has 0 aromatic heterocycles. The Hall–Kier alpha value is 0.248. The number of carboxylic acids is 1. The topological polar surface area (TPSA) is 57.5 Å². The third kappa shape index (κ3) is 8.87. The van der Waals surface area contributed by atoms with Crippen molar-refractivity contribution in [2.75, 3.05) is 6.61 Å². The molecule has 6 heavy (non-hydrogen) atoms. The fraction of sp³-hybridized carbons (Fsp3) is 0.500. The number of hydrogen-bond acceptors (Lipinski definition) is 2. The summed E-state index contributed by atoms with van der Waals surface area (Å²) in [7, 11) is 0. The van der Waals surface area contributed by atoms with Gasteiger partial charge in [-0.3, -0.25) is 0 Å². The van der Waals surface area contributed by atoms with E-state index in [1.165, 1.54) is 0 Å². The number of rotatable bonds is 1. The molecule has 0 amide bonds. The SMILES string of the molecule is O=C(O)CO.[SbH3]. The van der Waals surface area contributed by atoms with Gasteiger partial charge in [-0.1, -0.05) is 0 Å². The molecule has 0 saturated heterocycles. The molecular formula is C2H7O3Sb. The zero-order chi connectivity index (χ0) is 4.28. The Morgan fingerprint density at radius 2 is 1.83 bits per heavy atom. The summed E-state index contributed by atoms with van der Waals surface area (Å²) in [6.45, 7) is -0.778. The molecule has 0 unspecified atom stereocenters. The average Bonchev–Trinajstić information content (AvgIpc) is 1.38. The Balaban J connectivity index is 0. The minimum absolute atomic E-state index is 0. The van der Waals surface area contributed by atoms with Gasteiger partial charge in [-0.15, -0.1) is 0 Å². The number of aliphatic hydroxyl groups excluding tert-OH is 1. The predicted molar refractivity (Wildman–Crippen MR) is 24.7 cm³/mol. The molecule has 0 atom stereocenters. The van der Waals surface area contributed by atoms with Gasteiger partial charge in [-0.2, -0.15) is 0 Å². The van der Waals surface area contributed by atoms with Crippen LogP contribution < -0.4 is 0 Å². The zero-order valence-electron chi connectivity index (χ0n) is 3.22.